The molecule has 1 fully saturated rings. The van der Waals surface area contributed by atoms with Crippen molar-refractivity contribution in [2.75, 3.05) is 37.1 Å². The van der Waals surface area contributed by atoms with E-state index in [9.17, 15) is 0 Å². The van der Waals surface area contributed by atoms with Crippen LogP contribution >= 0.6 is 23.5 Å². The second-order valence-electron chi connectivity index (χ2n) is 4.24. The summed E-state index contributed by atoms with van der Waals surface area (Å²) in [4.78, 5) is 11.4. The summed E-state index contributed by atoms with van der Waals surface area (Å²) in [5.41, 5.74) is 0. The molecule has 0 aromatic carbocycles. The standard InChI is InChI=1S/C12H19N3OS2/c1-9-8-15(5-4-6-16-9)10-7-11(17-2)14-12(13-10)18-3/h7,9H,4-6,8H2,1-3H3. The van der Waals surface area contributed by atoms with Crippen LogP contribution in [0.25, 0.3) is 0 Å². The van der Waals surface area contributed by atoms with Crippen LogP contribution in [-0.2, 0) is 4.74 Å². The fourth-order valence-electron chi connectivity index (χ4n) is 1.95. The highest BCUT2D eigenvalue weighted by molar-refractivity contribution is 7.99. The molecule has 1 aromatic rings. The number of hydrogen-bond acceptors (Lipinski definition) is 6. The molecule has 1 unspecified atom stereocenters. The molecule has 0 N–H and O–H groups in total. The molecule has 0 spiro atoms. The lowest BCUT2D eigenvalue weighted by Gasteiger charge is -2.23. The highest BCUT2D eigenvalue weighted by atomic mass is 32.2. The average Bonchev–Trinajstić information content (AvgIpc) is 2.62. The molecule has 0 aliphatic carbocycles. The van der Waals surface area contributed by atoms with E-state index in [1.165, 1.54) is 0 Å². The Morgan fingerprint density at radius 2 is 2.17 bits per heavy atom. The molecule has 1 atom stereocenters. The van der Waals surface area contributed by atoms with Crippen LogP contribution in [0.1, 0.15) is 13.3 Å². The Kier molecular flexibility index (Phi) is 5.14. The molecular weight excluding hydrogens is 266 g/mol. The van der Waals surface area contributed by atoms with Gasteiger partial charge in [-0.1, -0.05) is 11.8 Å². The number of thioether (sulfide) groups is 2. The molecular formula is C12H19N3OS2. The third-order valence-electron chi connectivity index (χ3n) is 2.84. The number of rotatable bonds is 3. The number of aromatic nitrogens is 2. The van der Waals surface area contributed by atoms with Gasteiger partial charge < -0.3 is 9.64 Å². The predicted molar refractivity (Wildman–Crippen MR) is 77.8 cm³/mol. The lowest BCUT2D eigenvalue weighted by Crippen LogP contribution is -2.31. The van der Waals surface area contributed by atoms with E-state index in [2.05, 4.69) is 27.9 Å². The summed E-state index contributed by atoms with van der Waals surface area (Å²) < 4.78 is 5.67. The van der Waals surface area contributed by atoms with Gasteiger partial charge in [-0.05, 0) is 25.9 Å². The summed E-state index contributed by atoms with van der Waals surface area (Å²) in [6.45, 7) is 4.86. The number of nitrogens with zero attached hydrogens (tertiary/aromatic N) is 3. The summed E-state index contributed by atoms with van der Waals surface area (Å²) in [7, 11) is 0. The first-order valence-electron chi connectivity index (χ1n) is 6.06. The second kappa shape index (κ2) is 6.63. The number of hydrogen-bond donors (Lipinski definition) is 0. The second-order valence-corrected chi connectivity index (χ2v) is 5.84. The van der Waals surface area contributed by atoms with Gasteiger partial charge in [0.15, 0.2) is 5.16 Å². The smallest absolute Gasteiger partial charge is 0.190 e. The van der Waals surface area contributed by atoms with Crippen molar-refractivity contribution in [1.82, 2.24) is 9.97 Å². The lowest BCUT2D eigenvalue weighted by molar-refractivity contribution is 0.0820. The monoisotopic (exact) mass is 285 g/mol. The van der Waals surface area contributed by atoms with Gasteiger partial charge in [0.2, 0.25) is 0 Å². The Hall–Kier alpha value is -0.460. The van der Waals surface area contributed by atoms with E-state index >= 15 is 0 Å². The van der Waals surface area contributed by atoms with E-state index in [1.807, 2.05) is 12.5 Å². The predicted octanol–water partition coefficient (Wildman–Crippen LogP) is 2.54. The summed E-state index contributed by atoms with van der Waals surface area (Å²) in [6, 6.07) is 2.07. The topological polar surface area (TPSA) is 38.2 Å². The molecule has 100 valence electrons. The normalized spacial score (nSPS) is 20.8. The van der Waals surface area contributed by atoms with Gasteiger partial charge in [0.25, 0.3) is 0 Å². The van der Waals surface area contributed by atoms with Gasteiger partial charge in [0.1, 0.15) is 10.8 Å². The van der Waals surface area contributed by atoms with Crippen molar-refractivity contribution in [2.45, 2.75) is 29.6 Å². The quantitative estimate of drug-likeness (QED) is 0.483. The van der Waals surface area contributed by atoms with Gasteiger partial charge in [0, 0.05) is 25.8 Å². The molecule has 1 aromatic heterocycles. The van der Waals surface area contributed by atoms with E-state index in [4.69, 9.17) is 4.74 Å². The van der Waals surface area contributed by atoms with Crippen molar-refractivity contribution in [3.63, 3.8) is 0 Å². The highest BCUT2D eigenvalue weighted by Gasteiger charge is 2.17. The van der Waals surface area contributed by atoms with Crippen molar-refractivity contribution in [2.24, 2.45) is 0 Å². The molecule has 18 heavy (non-hydrogen) atoms. The van der Waals surface area contributed by atoms with Gasteiger partial charge in [-0.15, -0.1) is 11.8 Å². The summed E-state index contributed by atoms with van der Waals surface area (Å²) in [5.74, 6) is 1.02. The van der Waals surface area contributed by atoms with Gasteiger partial charge >= 0.3 is 0 Å². The van der Waals surface area contributed by atoms with Crippen molar-refractivity contribution >= 4 is 29.3 Å². The van der Waals surface area contributed by atoms with Crippen molar-refractivity contribution in [1.29, 1.82) is 0 Å². The minimum absolute atomic E-state index is 0.262. The van der Waals surface area contributed by atoms with Gasteiger partial charge in [0.05, 0.1) is 6.10 Å². The molecule has 0 bridgehead atoms. The first-order valence-corrected chi connectivity index (χ1v) is 8.51. The Balaban J connectivity index is 2.24. The summed E-state index contributed by atoms with van der Waals surface area (Å²) >= 11 is 3.25. The number of ether oxygens (including phenoxy) is 1. The summed E-state index contributed by atoms with van der Waals surface area (Å²) in [5, 5.41) is 1.87. The minimum atomic E-state index is 0.262. The first kappa shape index (κ1) is 14.0. The maximum absolute atomic E-state index is 5.67. The van der Waals surface area contributed by atoms with Crippen LogP contribution < -0.4 is 4.90 Å². The highest BCUT2D eigenvalue weighted by Crippen LogP contribution is 2.23. The van der Waals surface area contributed by atoms with E-state index < -0.39 is 0 Å². The molecule has 0 radical (unpaired) electrons. The third-order valence-corrected chi connectivity index (χ3v) is 4.01. The van der Waals surface area contributed by atoms with Crippen LogP contribution in [0.4, 0.5) is 5.82 Å². The fourth-order valence-corrected chi connectivity index (χ4v) is 2.79. The molecule has 1 aliphatic heterocycles. The van der Waals surface area contributed by atoms with Gasteiger partial charge in [-0.3, -0.25) is 0 Å². The number of anilines is 1. The van der Waals surface area contributed by atoms with Crippen LogP contribution in [0.2, 0.25) is 0 Å². The van der Waals surface area contributed by atoms with Crippen molar-refractivity contribution in [3.8, 4) is 0 Å². The fraction of sp³-hybridized carbons (Fsp3) is 0.667. The van der Waals surface area contributed by atoms with Crippen LogP contribution in [0.3, 0.4) is 0 Å². The van der Waals surface area contributed by atoms with Crippen molar-refractivity contribution in [3.05, 3.63) is 6.07 Å². The Morgan fingerprint density at radius 1 is 1.33 bits per heavy atom. The van der Waals surface area contributed by atoms with E-state index in [0.29, 0.717) is 0 Å². The Bertz CT molecular complexity index is 381. The van der Waals surface area contributed by atoms with Crippen LogP contribution in [0, 0.1) is 0 Å². The van der Waals surface area contributed by atoms with E-state index in [-0.39, 0.29) is 6.10 Å². The van der Waals surface area contributed by atoms with Crippen molar-refractivity contribution < 1.29 is 4.74 Å². The Labute approximate surface area is 117 Å². The maximum atomic E-state index is 5.67. The molecule has 1 saturated heterocycles. The first-order chi connectivity index (χ1) is 8.72. The third kappa shape index (κ3) is 3.52. The molecule has 2 heterocycles. The molecule has 2 rings (SSSR count). The molecule has 6 heteroatoms. The van der Waals surface area contributed by atoms with Crippen LogP contribution in [0.15, 0.2) is 16.2 Å². The summed E-state index contributed by atoms with van der Waals surface area (Å²) in [6.07, 6.45) is 5.37. The van der Waals surface area contributed by atoms with E-state index in [1.54, 1.807) is 23.5 Å². The van der Waals surface area contributed by atoms with Crippen LogP contribution in [0.5, 0.6) is 0 Å². The molecule has 0 saturated carbocycles. The lowest BCUT2D eigenvalue weighted by atomic mass is 10.3. The molecule has 4 nitrogen and oxygen atoms in total. The Morgan fingerprint density at radius 3 is 2.89 bits per heavy atom. The zero-order valence-corrected chi connectivity index (χ0v) is 12.7. The van der Waals surface area contributed by atoms with E-state index in [0.717, 1.165) is 42.1 Å². The minimum Gasteiger partial charge on any atom is -0.377 e. The van der Waals surface area contributed by atoms with Crippen LogP contribution in [-0.4, -0.2) is 48.3 Å². The SMILES string of the molecule is CSc1cc(N2CCCOC(C)C2)nc(SC)n1. The maximum Gasteiger partial charge on any atom is 0.190 e. The van der Waals surface area contributed by atoms with Gasteiger partial charge in [-0.25, -0.2) is 9.97 Å². The molecule has 1 aliphatic rings. The van der Waals surface area contributed by atoms with Gasteiger partial charge in [-0.2, -0.15) is 0 Å². The zero-order chi connectivity index (χ0) is 13.0. The zero-order valence-electron chi connectivity index (χ0n) is 11.0. The largest absolute Gasteiger partial charge is 0.377 e. The molecule has 0 amide bonds. The average molecular weight is 285 g/mol.